The van der Waals surface area contributed by atoms with Crippen LogP contribution in [0, 0.1) is 5.82 Å². The average molecular weight is 325 g/mol. The number of aromatic nitrogens is 4. The third-order valence-electron chi connectivity index (χ3n) is 3.25. The van der Waals surface area contributed by atoms with Gasteiger partial charge in [0.2, 0.25) is 0 Å². The van der Waals surface area contributed by atoms with Crippen molar-refractivity contribution in [3.05, 3.63) is 53.6 Å². The molecule has 0 unspecified atom stereocenters. The van der Waals surface area contributed by atoms with E-state index in [0.717, 1.165) is 0 Å². The van der Waals surface area contributed by atoms with Gasteiger partial charge in [0.05, 0.1) is 6.04 Å². The van der Waals surface area contributed by atoms with E-state index in [9.17, 15) is 17.6 Å². The lowest BCUT2D eigenvalue weighted by Crippen LogP contribution is -2.15. The zero-order valence-corrected chi connectivity index (χ0v) is 11.8. The summed E-state index contributed by atoms with van der Waals surface area (Å²) in [5, 5.41) is 13.2. The van der Waals surface area contributed by atoms with Crippen molar-refractivity contribution in [3.8, 4) is 0 Å². The molecule has 0 amide bonds. The standard InChI is InChI=1S/C14H11F4N5/c1-8(9-4-2-3-5-10(9)15)19-11-6-7-12-20-21-13(14(16,17)18)23(12)22-11/h2-8H,1H3,(H,19,22)/t8-/m0/s1. The van der Waals surface area contributed by atoms with Gasteiger partial charge in [-0.05, 0) is 25.1 Å². The molecule has 3 rings (SSSR count). The molecule has 0 aliphatic rings. The molecule has 0 spiro atoms. The second-order valence-corrected chi connectivity index (χ2v) is 4.90. The molecule has 9 heteroatoms. The monoisotopic (exact) mass is 325 g/mol. The Kier molecular flexibility index (Phi) is 3.63. The number of halogens is 4. The van der Waals surface area contributed by atoms with Crippen molar-refractivity contribution in [1.82, 2.24) is 19.8 Å². The second kappa shape index (κ2) is 5.49. The van der Waals surface area contributed by atoms with Gasteiger partial charge in [-0.2, -0.15) is 17.7 Å². The lowest BCUT2D eigenvalue weighted by atomic mass is 10.1. The smallest absolute Gasteiger partial charge is 0.362 e. The fraction of sp³-hybridized carbons (Fsp3) is 0.214. The molecule has 23 heavy (non-hydrogen) atoms. The molecule has 0 aliphatic carbocycles. The number of rotatable bonds is 3. The molecular formula is C14H11F4N5. The third-order valence-corrected chi connectivity index (χ3v) is 3.25. The number of hydrogen-bond acceptors (Lipinski definition) is 4. The van der Waals surface area contributed by atoms with Crippen LogP contribution in [0.25, 0.3) is 5.65 Å². The summed E-state index contributed by atoms with van der Waals surface area (Å²) in [7, 11) is 0. The summed E-state index contributed by atoms with van der Waals surface area (Å²) >= 11 is 0. The molecule has 1 aromatic carbocycles. The van der Waals surface area contributed by atoms with E-state index in [0.29, 0.717) is 10.1 Å². The Bertz CT molecular complexity index is 843. The first-order valence-corrected chi connectivity index (χ1v) is 6.67. The summed E-state index contributed by atoms with van der Waals surface area (Å²) in [5.74, 6) is -1.47. The Morgan fingerprint density at radius 1 is 1.09 bits per heavy atom. The van der Waals surface area contributed by atoms with Crippen LogP contribution in [-0.4, -0.2) is 19.8 Å². The minimum absolute atomic E-state index is 0.0265. The summed E-state index contributed by atoms with van der Waals surface area (Å²) in [6, 6.07) is 8.47. The van der Waals surface area contributed by atoms with Gasteiger partial charge in [0.25, 0.3) is 5.82 Å². The highest BCUT2D eigenvalue weighted by molar-refractivity contribution is 5.45. The first kappa shape index (κ1) is 15.2. The molecule has 1 N–H and O–H groups in total. The summed E-state index contributed by atoms with van der Waals surface area (Å²) in [5.41, 5.74) is 0.357. The molecule has 0 bridgehead atoms. The number of benzene rings is 1. The van der Waals surface area contributed by atoms with Gasteiger partial charge in [-0.25, -0.2) is 4.39 Å². The van der Waals surface area contributed by atoms with E-state index in [1.807, 2.05) is 0 Å². The summed E-state index contributed by atoms with van der Waals surface area (Å²) in [6.07, 6.45) is -4.66. The van der Waals surface area contributed by atoms with Crippen molar-refractivity contribution in [3.63, 3.8) is 0 Å². The number of fused-ring (bicyclic) bond motifs is 1. The van der Waals surface area contributed by atoms with Crippen LogP contribution >= 0.6 is 0 Å². The van der Waals surface area contributed by atoms with Gasteiger partial charge < -0.3 is 5.32 Å². The quantitative estimate of drug-likeness (QED) is 0.749. The normalized spacial score (nSPS) is 13.3. The van der Waals surface area contributed by atoms with Gasteiger partial charge in [0.1, 0.15) is 11.6 Å². The number of alkyl halides is 3. The van der Waals surface area contributed by atoms with Gasteiger partial charge in [-0.1, -0.05) is 18.2 Å². The molecule has 0 radical (unpaired) electrons. The first-order valence-electron chi connectivity index (χ1n) is 6.67. The Morgan fingerprint density at radius 3 is 2.52 bits per heavy atom. The minimum atomic E-state index is -4.66. The van der Waals surface area contributed by atoms with Gasteiger partial charge in [0.15, 0.2) is 5.65 Å². The molecule has 0 saturated carbocycles. The van der Waals surface area contributed by atoms with Crippen LogP contribution in [0.5, 0.6) is 0 Å². The molecule has 0 saturated heterocycles. The van der Waals surface area contributed by atoms with E-state index in [1.165, 1.54) is 18.2 Å². The number of nitrogens with zero attached hydrogens (tertiary/aromatic N) is 4. The van der Waals surface area contributed by atoms with Crippen LogP contribution in [0.1, 0.15) is 24.4 Å². The van der Waals surface area contributed by atoms with Gasteiger partial charge in [-0.15, -0.1) is 15.3 Å². The molecule has 3 aromatic rings. The van der Waals surface area contributed by atoms with Crippen LogP contribution in [0.15, 0.2) is 36.4 Å². The van der Waals surface area contributed by atoms with Crippen molar-refractivity contribution < 1.29 is 17.6 Å². The third kappa shape index (κ3) is 2.94. The SMILES string of the molecule is C[C@H](Nc1ccc2nnc(C(F)(F)F)n2n1)c1ccccc1F. The topological polar surface area (TPSA) is 55.1 Å². The molecular weight excluding hydrogens is 314 g/mol. The molecule has 120 valence electrons. The number of anilines is 1. The maximum Gasteiger partial charge on any atom is 0.453 e. The van der Waals surface area contributed by atoms with Crippen molar-refractivity contribution in [2.75, 3.05) is 5.32 Å². The minimum Gasteiger partial charge on any atom is -0.362 e. The zero-order chi connectivity index (χ0) is 16.6. The van der Waals surface area contributed by atoms with Crippen LogP contribution < -0.4 is 5.32 Å². The molecule has 2 aromatic heterocycles. The van der Waals surface area contributed by atoms with Crippen LogP contribution in [-0.2, 0) is 6.18 Å². The predicted molar refractivity (Wildman–Crippen MR) is 74.2 cm³/mol. The predicted octanol–water partition coefficient (Wildman–Crippen LogP) is 3.46. The molecule has 1 atom stereocenters. The average Bonchev–Trinajstić information content (AvgIpc) is 2.90. The fourth-order valence-corrected chi connectivity index (χ4v) is 2.17. The van der Waals surface area contributed by atoms with Gasteiger partial charge in [-0.3, -0.25) is 0 Å². The van der Waals surface area contributed by atoms with Crippen LogP contribution in [0.2, 0.25) is 0 Å². The Morgan fingerprint density at radius 2 is 1.83 bits per heavy atom. The first-order chi connectivity index (χ1) is 10.9. The molecule has 5 nitrogen and oxygen atoms in total. The Balaban J connectivity index is 1.93. The summed E-state index contributed by atoms with van der Waals surface area (Å²) < 4.78 is 52.8. The van der Waals surface area contributed by atoms with Crippen LogP contribution in [0.4, 0.5) is 23.4 Å². The van der Waals surface area contributed by atoms with Gasteiger partial charge in [0, 0.05) is 5.56 Å². The number of nitrogens with one attached hydrogen (secondary N) is 1. The maximum atomic E-state index is 13.7. The molecule has 0 fully saturated rings. The Hall–Kier alpha value is -2.71. The molecule has 2 heterocycles. The number of hydrogen-bond donors (Lipinski definition) is 1. The largest absolute Gasteiger partial charge is 0.453 e. The van der Waals surface area contributed by atoms with Crippen molar-refractivity contribution in [2.24, 2.45) is 0 Å². The maximum absolute atomic E-state index is 13.7. The van der Waals surface area contributed by atoms with E-state index < -0.39 is 23.9 Å². The van der Waals surface area contributed by atoms with Crippen molar-refractivity contribution in [1.29, 1.82) is 0 Å². The second-order valence-electron chi connectivity index (χ2n) is 4.90. The highest BCUT2D eigenvalue weighted by atomic mass is 19.4. The Labute approximate surface area is 128 Å². The summed E-state index contributed by atoms with van der Waals surface area (Å²) in [4.78, 5) is 0. The van der Waals surface area contributed by atoms with E-state index >= 15 is 0 Å². The molecule has 0 aliphatic heterocycles. The van der Waals surface area contributed by atoms with Gasteiger partial charge >= 0.3 is 6.18 Å². The van der Waals surface area contributed by atoms with Crippen molar-refractivity contribution in [2.45, 2.75) is 19.1 Å². The summed E-state index contributed by atoms with van der Waals surface area (Å²) in [6.45, 7) is 1.68. The van der Waals surface area contributed by atoms with E-state index in [2.05, 4.69) is 20.6 Å². The van der Waals surface area contributed by atoms with E-state index in [-0.39, 0.29) is 11.5 Å². The van der Waals surface area contributed by atoms with Crippen molar-refractivity contribution >= 4 is 11.5 Å². The lowest BCUT2D eigenvalue weighted by molar-refractivity contribution is -0.146. The zero-order valence-electron chi connectivity index (χ0n) is 11.8. The van der Waals surface area contributed by atoms with E-state index in [4.69, 9.17) is 0 Å². The highest BCUT2D eigenvalue weighted by Gasteiger charge is 2.37. The highest BCUT2D eigenvalue weighted by Crippen LogP contribution is 2.28. The van der Waals surface area contributed by atoms with Crippen LogP contribution in [0.3, 0.4) is 0 Å². The fourth-order valence-electron chi connectivity index (χ4n) is 2.17. The lowest BCUT2D eigenvalue weighted by Gasteiger charge is -2.15. The van der Waals surface area contributed by atoms with E-state index in [1.54, 1.807) is 25.1 Å².